The van der Waals surface area contributed by atoms with E-state index in [1.807, 2.05) is 94.3 Å². The van der Waals surface area contributed by atoms with Crippen molar-refractivity contribution < 1.29 is 0 Å². The number of benzene rings is 5. The van der Waals surface area contributed by atoms with Crippen LogP contribution in [0.15, 0.2) is 174 Å². The molecule has 4 heteroatoms. The number of fused-ring (bicyclic) bond motifs is 3. The largest absolute Gasteiger partial charge is 0.372 e. The topological polar surface area (TPSA) is 38.0 Å². The van der Waals surface area contributed by atoms with Gasteiger partial charge in [-0.3, -0.25) is 0 Å². The van der Waals surface area contributed by atoms with Gasteiger partial charge in [0.2, 0.25) is 0 Å². The predicted octanol–water partition coefficient (Wildman–Crippen LogP) is 16.9. The molecule has 0 saturated carbocycles. The van der Waals surface area contributed by atoms with E-state index in [9.17, 15) is 0 Å². The number of hydrogen-bond acceptors (Lipinski definition) is 4. The van der Waals surface area contributed by atoms with Gasteiger partial charge in [-0.1, -0.05) is 179 Å². The molecule has 1 atom stereocenters. The molecular formula is C54H66N2S2. The lowest BCUT2D eigenvalue weighted by Crippen LogP contribution is -2.24. The Hall–Kier alpha value is -4.87. The Bertz CT molecular complexity index is 2250. The van der Waals surface area contributed by atoms with Crippen molar-refractivity contribution in [1.29, 1.82) is 0 Å². The van der Waals surface area contributed by atoms with Crippen LogP contribution < -0.4 is 11.1 Å². The fourth-order valence-electron chi connectivity index (χ4n) is 6.25. The first-order valence-electron chi connectivity index (χ1n) is 20.9. The molecule has 1 aliphatic rings. The smallest absolute Gasteiger partial charge is 0.100 e. The van der Waals surface area contributed by atoms with Crippen LogP contribution >= 0.6 is 23.1 Å². The Morgan fingerprint density at radius 1 is 0.776 bits per heavy atom. The van der Waals surface area contributed by atoms with Crippen LogP contribution in [-0.4, -0.2) is 0 Å². The van der Waals surface area contributed by atoms with Gasteiger partial charge in [0.15, 0.2) is 0 Å². The number of hydrogen-bond donors (Lipinski definition) is 2. The summed E-state index contributed by atoms with van der Waals surface area (Å²) >= 11 is 3.69. The number of rotatable bonds is 11. The van der Waals surface area contributed by atoms with Crippen molar-refractivity contribution >= 4 is 48.8 Å². The van der Waals surface area contributed by atoms with Gasteiger partial charge in [0.1, 0.15) is 6.17 Å². The van der Waals surface area contributed by atoms with E-state index in [0.29, 0.717) is 0 Å². The Labute approximate surface area is 359 Å². The number of allylic oxidation sites excluding steroid dienone is 7. The van der Waals surface area contributed by atoms with Crippen LogP contribution in [0.25, 0.3) is 36.9 Å². The SMILES string of the molecule is C=C(CCC1=CC=C(c2cccc(C(N)N/C=C\C)c2)CC1)Sc1ccc(-c2ccc3c(c2)sc2ccccc23)cc1C.C=CCC.CC.CC.Cc1ccccc1. The summed E-state index contributed by atoms with van der Waals surface area (Å²) in [7, 11) is 0. The maximum absolute atomic E-state index is 6.29. The van der Waals surface area contributed by atoms with E-state index in [0.717, 1.165) is 37.7 Å². The molecule has 5 aromatic carbocycles. The van der Waals surface area contributed by atoms with Crippen molar-refractivity contribution in [2.45, 2.75) is 98.6 Å². The van der Waals surface area contributed by atoms with Crippen LogP contribution in [0.5, 0.6) is 0 Å². The van der Waals surface area contributed by atoms with Gasteiger partial charge in [-0.15, -0.1) is 17.9 Å². The predicted molar refractivity (Wildman–Crippen MR) is 265 cm³/mol. The number of thioether (sulfide) groups is 1. The first-order valence-corrected chi connectivity index (χ1v) is 22.5. The number of thiophene rings is 1. The van der Waals surface area contributed by atoms with Crippen molar-refractivity contribution in [3.63, 3.8) is 0 Å². The van der Waals surface area contributed by atoms with Crippen LogP contribution in [0.3, 0.4) is 0 Å². The van der Waals surface area contributed by atoms with E-state index in [-0.39, 0.29) is 6.17 Å². The van der Waals surface area contributed by atoms with Gasteiger partial charge >= 0.3 is 0 Å². The average molecular weight is 807 g/mol. The van der Waals surface area contributed by atoms with E-state index < -0.39 is 0 Å². The Balaban J connectivity index is 0.000000514. The third kappa shape index (κ3) is 14.5. The van der Waals surface area contributed by atoms with Crippen LogP contribution in [0.1, 0.15) is 102 Å². The Kier molecular flexibility index (Phi) is 21.5. The highest BCUT2D eigenvalue weighted by atomic mass is 32.2. The zero-order chi connectivity index (χ0) is 42.3. The van der Waals surface area contributed by atoms with Gasteiger partial charge in [0.05, 0.1) is 0 Å². The second-order valence-corrected chi connectivity index (χ2v) is 15.9. The summed E-state index contributed by atoms with van der Waals surface area (Å²) < 4.78 is 2.69. The van der Waals surface area contributed by atoms with E-state index >= 15 is 0 Å². The first kappa shape index (κ1) is 47.5. The molecule has 1 unspecified atom stereocenters. The van der Waals surface area contributed by atoms with Gasteiger partial charge in [0, 0.05) is 25.1 Å². The zero-order valence-corrected chi connectivity index (χ0v) is 37.9. The molecule has 0 spiro atoms. The summed E-state index contributed by atoms with van der Waals surface area (Å²) in [6.45, 7) is 24.2. The van der Waals surface area contributed by atoms with Gasteiger partial charge in [0.25, 0.3) is 0 Å². The molecule has 1 heterocycles. The summed E-state index contributed by atoms with van der Waals surface area (Å²) in [6.07, 6.45) is 15.4. The standard InChI is InChI=1S/C39H38N2S2.C7H8.C4H8.2C2H6/c1-4-22-41-39(40)33-9-7-8-30(24-33)29-16-14-28(15-17-29)13-12-27(3)42-36-21-19-31(23-26(36)2)32-18-20-35-34-10-5-6-11-37(34)43-38(35)25-32;1-7-5-3-2-4-6-7;1-3-4-2;2*1-2/h4-11,14,16,18-25,39,41H,3,12-13,15,17,40H2,1-2H3;2-6H,1H3;3H,1,4H2,2H3;2*1-2H3/b22-4-;;;;. The maximum Gasteiger partial charge on any atom is 0.100 e. The molecule has 58 heavy (non-hydrogen) atoms. The molecule has 0 aliphatic heterocycles. The fraction of sp³-hybridized carbons (Fsp3) is 0.259. The number of aryl methyl sites for hydroxylation is 2. The minimum Gasteiger partial charge on any atom is -0.372 e. The molecule has 0 saturated heterocycles. The highest BCUT2D eigenvalue weighted by molar-refractivity contribution is 8.03. The van der Waals surface area contributed by atoms with Crippen molar-refractivity contribution in [2.75, 3.05) is 0 Å². The highest BCUT2D eigenvalue weighted by Crippen LogP contribution is 2.39. The van der Waals surface area contributed by atoms with E-state index in [4.69, 9.17) is 5.73 Å². The van der Waals surface area contributed by atoms with Crippen LogP contribution in [0.2, 0.25) is 0 Å². The zero-order valence-electron chi connectivity index (χ0n) is 36.3. The molecule has 1 aliphatic carbocycles. The fourth-order valence-corrected chi connectivity index (χ4v) is 8.26. The number of nitrogens with two attached hydrogens (primary N) is 1. The monoisotopic (exact) mass is 806 g/mol. The molecule has 0 bridgehead atoms. The lowest BCUT2D eigenvalue weighted by atomic mass is 9.90. The Morgan fingerprint density at radius 2 is 1.45 bits per heavy atom. The number of nitrogens with one attached hydrogen (secondary N) is 1. The molecule has 7 rings (SSSR count). The van der Waals surface area contributed by atoms with Gasteiger partial charge in [-0.2, -0.15) is 0 Å². The van der Waals surface area contributed by atoms with Crippen LogP contribution in [0, 0.1) is 13.8 Å². The van der Waals surface area contributed by atoms with Crippen molar-refractivity contribution in [1.82, 2.24) is 5.32 Å². The van der Waals surface area contributed by atoms with Gasteiger partial charge in [-0.25, -0.2) is 0 Å². The normalized spacial score (nSPS) is 12.2. The second-order valence-electron chi connectivity index (χ2n) is 13.6. The van der Waals surface area contributed by atoms with Crippen LogP contribution in [-0.2, 0) is 0 Å². The third-order valence-corrected chi connectivity index (χ3v) is 11.7. The van der Waals surface area contributed by atoms with Crippen molar-refractivity contribution in [2.24, 2.45) is 5.73 Å². The lowest BCUT2D eigenvalue weighted by molar-refractivity contribution is 0.652. The van der Waals surface area contributed by atoms with Gasteiger partial charge < -0.3 is 11.1 Å². The summed E-state index contributed by atoms with van der Waals surface area (Å²) in [5.74, 6) is 0. The molecular weight excluding hydrogens is 741 g/mol. The molecule has 0 amide bonds. The summed E-state index contributed by atoms with van der Waals surface area (Å²) in [4.78, 5) is 2.51. The molecule has 3 N–H and O–H groups in total. The highest BCUT2D eigenvalue weighted by Gasteiger charge is 2.13. The lowest BCUT2D eigenvalue weighted by Gasteiger charge is -2.18. The second kappa shape index (κ2) is 26.2. The average Bonchev–Trinajstić information content (AvgIpc) is 3.66. The van der Waals surface area contributed by atoms with Crippen LogP contribution in [0.4, 0.5) is 0 Å². The summed E-state index contributed by atoms with van der Waals surface area (Å²) in [5, 5.41) is 5.90. The minimum absolute atomic E-state index is 0.202. The molecule has 6 aromatic rings. The molecule has 0 radical (unpaired) electrons. The van der Waals surface area contributed by atoms with Crippen molar-refractivity contribution in [3.05, 3.63) is 192 Å². The molecule has 1 aromatic heterocycles. The Morgan fingerprint density at radius 3 is 2.09 bits per heavy atom. The summed E-state index contributed by atoms with van der Waals surface area (Å²) in [5.41, 5.74) is 16.7. The minimum atomic E-state index is -0.202. The maximum atomic E-state index is 6.29. The molecule has 304 valence electrons. The third-order valence-electron chi connectivity index (χ3n) is 9.39. The van der Waals surface area contributed by atoms with Gasteiger partial charge in [-0.05, 0) is 122 Å². The molecule has 2 nitrogen and oxygen atoms in total. The summed E-state index contributed by atoms with van der Waals surface area (Å²) in [6, 6.07) is 41.2. The first-order chi connectivity index (χ1) is 28.3. The van der Waals surface area contributed by atoms with E-state index in [1.54, 1.807) is 0 Å². The van der Waals surface area contributed by atoms with Crippen molar-refractivity contribution in [3.8, 4) is 11.1 Å². The molecule has 0 fully saturated rings. The van der Waals surface area contributed by atoms with E-state index in [1.165, 1.54) is 68.9 Å². The quantitative estimate of drug-likeness (QED) is 0.0778. The van der Waals surface area contributed by atoms with E-state index in [2.05, 4.69) is 148 Å².